The first-order valence-electron chi connectivity index (χ1n) is 7.40. The van der Waals surface area contributed by atoms with Gasteiger partial charge in [0.1, 0.15) is 10.7 Å². The molecule has 2 N–H and O–H groups in total. The zero-order valence-electron chi connectivity index (χ0n) is 13.1. The molecule has 3 aromatic rings. The fourth-order valence-corrected chi connectivity index (χ4v) is 2.99. The fourth-order valence-electron chi connectivity index (χ4n) is 2.11. The normalized spacial score (nSPS) is 10.7. The molecule has 120 valence electrons. The van der Waals surface area contributed by atoms with Crippen LogP contribution in [0.15, 0.2) is 65.8 Å². The lowest BCUT2D eigenvalue weighted by Gasteiger charge is -2.01. The maximum absolute atomic E-state index is 11.4. The minimum Gasteiger partial charge on any atom is -0.316 e. The Hall–Kier alpha value is -2.99. The summed E-state index contributed by atoms with van der Waals surface area (Å²) in [5.41, 5.74) is 5.59. The van der Waals surface area contributed by atoms with Gasteiger partial charge in [0.2, 0.25) is 11.0 Å². The van der Waals surface area contributed by atoms with Gasteiger partial charge in [0.05, 0.1) is 6.21 Å². The molecule has 0 aliphatic rings. The van der Waals surface area contributed by atoms with Crippen molar-refractivity contribution >= 4 is 33.6 Å². The van der Waals surface area contributed by atoms with E-state index in [0.717, 1.165) is 16.8 Å². The van der Waals surface area contributed by atoms with E-state index in [-0.39, 0.29) is 5.91 Å². The van der Waals surface area contributed by atoms with Crippen LogP contribution in [0, 0.1) is 0 Å². The third-order valence-corrected chi connectivity index (χ3v) is 4.01. The van der Waals surface area contributed by atoms with Crippen LogP contribution in [0.3, 0.4) is 0 Å². The third-order valence-electron chi connectivity index (χ3n) is 3.14. The number of nitrogens with zero attached hydrogens (tertiary/aromatic N) is 2. The van der Waals surface area contributed by atoms with Gasteiger partial charge in [0, 0.05) is 12.5 Å². The largest absolute Gasteiger partial charge is 0.316 e. The van der Waals surface area contributed by atoms with E-state index in [1.165, 1.54) is 18.3 Å². The topological polar surface area (TPSA) is 66.4 Å². The summed E-state index contributed by atoms with van der Waals surface area (Å²) in [4.78, 5) is 16.0. The second-order valence-corrected chi connectivity index (χ2v) is 6.02. The highest BCUT2D eigenvalue weighted by Gasteiger charge is 2.13. The Kier molecular flexibility index (Phi) is 4.98. The molecule has 5 nitrogen and oxygen atoms in total. The number of nitrogens with one attached hydrogen (secondary N) is 2. The predicted molar refractivity (Wildman–Crippen MR) is 99.5 cm³/mol. The molecule has 1 aromatic heterocycles. The second kappa shape index (κ2) is 7.52. The number of amides is 1. The Labute approximate surface area is 144 Å². The number of thiazole rings is 1. The number of hydrogen-bond acceptors (Lipinski definition) is 5. The smallest absolute Gasteiger partial charge is 0.221 e. The average molecular weight is 336 g/mol. The molecular formula is C18H16N4OS. The van der Waals surface area contributed by atoms with Crippen LogP contribution < -0.4 is 10.7 Å². The van der Waals surface area contributed by atoms with E-state index in [2.05, 4.69) is 20.8 Å². The standard InChI is InChI=1S/C18H16N4OS/c1-13(23)20-17-16(15-10-6-3-7-11-15)21-18(24-17)22-19-12-14-8-4-2-5-9-14/h2-12H,1H3,(H,20,23)(H,21,22). The lowest BCUT2D eigenvalue weighted by atomic mass is 10.2. The van der Waals surface area contributed by atoms with Gasteiger partial charge in [0.15, 0.2) is 0 Å². The Bertz CT molecular complexity index is 844. The van der Waals surface area contributed by atoms with Crippen molar-refractivity contribution in [3.8, 4) is 11.3 Å². The highest BCUT2D eigenvalue weighted by Crippen LogP contribution is 2.35. The van der Waals surface area contributed by atoms with Crippen LogP contribution in [0.25, 0.3) is 11.3 Å². The summed E-state index contributed by atoms with van der Waals surface area (Å²) in [7, 11) is 0. The van der Waals surface area contributed by atoms with Gasteiger partial charge in [-0.1, -0.05) is 72.0 Å². The number of hydrazone groups is 1. The van der Waals surface area contributed by atoms with E-state index in [1.807, 2.05) is 60.7 Å². The number of carbonyl (C=O) groups is 1. The van der Waals surface area contributed by atoms with E-state index in [1.54, 1.807) is 6.21 Å². The Morgan fingerprint density at radius 2 is 1.75 bits per heavy atom. The van der Waals surface area contributed by atoms with Crippen LogP contribution in [0.1, 0.15) is 12.5 Å². The Morgan fingerprint density at radius 1 is 1.08 bits per heavy atom. The van der Waals surface area contributed by atoms with Crippen molar-refractivity contribution in [2.75, 3.05) is 10.7 Å². The van der Waals surface area contributed by atoms with Crippen molar-refractivity contribution in [2.24, 2.45) is 5.10 Å². The van der Waals surface area contributed by atoms with Gasteiger partial charge in [-0.3, -0.25) is 10.2 Å². The number of aromatic nitrogens is 1. The van der Waals surface area contributed by atoms with Crippen LogP contribution >= 0.6 is 11.3 Å². The van der Waals surface area contributed by atoms with Gasteiger partial charge in [-0.25, -0.2) is 4.98 Å². The first kappa shape index (κ1) is 15.9. The molecule has 0 atom stereocenters. The van der Waals surface area contributed by atoms with E-state index < -0.39 is 0 Å². The zero-order chi connectivity index (χ0) is 16.8. The van der Waals surface area contributed by atoms with Gasteiger partial charge in [0.25, 0.3) is 0 Å². The van der Waals surface area contributed by atoms with Gasteiger partial charge in [-0.15, -0.1) is 0 Å². The van der Waals surface area contributed by atoms with Crippen LogP contribution in [0.5, 0.6) is 0 Å². The molecule has 3 rings (SSSR count). The molecule has 0 unspecified atom stereocenters. The minimum absolute atomic E-state index is 0.129. The summed E-state index contributed by atoms with van der Waals surface area (Å²) in [6.45, 7) is 1.48. The highest BCUT2D eigenvalue weighted by molar-refractivity contribution is 7.20. The van der Waals surface area contributed by atoms with Crippen molar-refractivity contribution in [3.63, 3.8) is 0 Å². The van der Waals surface area contributed by atoms with Crippen LogP contribution in [0.4, 0.5) is 10.1 Å². The molecule has 1 heterocycles. The van der Waals surface area contributed by atoms with E-state index in [4.69, 9.17) is 0 Å². The SMILES string of the molecule is CC(=O)Nc1sc(NN=Cc2ccccc2)nc1-c1ccccc1. The number of hydrogen-bond donors (Lipinski definition) is 2. The quantitative estimate of drug-likeness (QED) is 0.542. The van der Waals surface area contributed by atoms with E-state index in [9.17, 15) is 4.79 Å². The summed E-state index contributed by atoms with van der Waals surface area (Å²) in [6, 6.07) is 19.5. The fraction of sp³-hybridized carbons (Fsp3) is 0.0556. The van der Waals surface area contributed by atoms with E-state index >= 15 is 0 Å². The van der Waals surface area contributed by atoms with Crippen LogP contribution in [-0.4, -0.2) is 17.1 Å². The molecular weight excluding hydrogens is 320 g/mol. The average Bonchev–Trinajstić information content (AvgIpc) is 2.98. The Balaban J connectivity index is 1.82. The molecule has 0 saturated heterocycles. The van der Waals surface area contributed by atoms with Crippen molar-refractivity contribution in [1.29, 1.82) is 0 Å². The van der Waals surface area contributed by atoms with Gasteiger partial charge >= 0.3 is 0 Å². The van der Waals surface area contributed by atoms with Crippen LogP contribution in [0.2, 0.25) is 0 Å². The zero-order valence-corrected chi connectivity index (χ0v) is 13.9. The van der Waals surface area contributed by atoms with Crippen molar-refractivity contribution in [3.05, 3.63) is 66.2 Å². The monoisotopic (exact) mass is 336 g/mol. The Morgan fingerprint density at radius 3 is 2.42 bits per heavy atom. The number of carbonyl (C=O) groups excluding carboxylic acids is 1. The summed E-state index contributed by atoms with van der Waals surface area (Å²) >= 11 is 1.35. The second-order valence-electron chi connectivity index (χ2n) is 5.02. The molecule has 0 aliphatic carbocycles. The molecule has 0 spiro atoms. The predicted octanol–water partition coefficient (Wildman–Crippen LogP) is 4.21. The van der Waals surface area contributed by atoms with Gasteiger partial charge in [-0.2, -0.15) is 5.10 Å². The molecule has 24 heavy (non-hydrogen) atoms. The van der Waals surface area contributed by atoms with Crippen molar-refractivity contribution in [1.82, 2.24) is 4.98 Å². The summed E-state index contributed by atoms with van der Waals surface area (Å²) < 4.78 is 0. The molecule has 2 aromatic carbocycles. The molecule has 0 bridgehead atoms. The first-order chi connectivity index (χ1) is 11.7. The summed E-state index contributed by atoms with van der Waals surface area (Å²) in [6.07, 6.45) is 1.72. The summed E-state index contributed by atoms with van der Waals surface area (Å²) in [5.74, 6) is -0.129. The maximum Gasteiger partial charge on any atom is 0.221 e. The first-order valence-corrected chi connectivity index (χ1v) is 8.22. The lowest BCUT2D eigenvalue weighted by Crippen LogP contribution is -2.05. The minimum atomic E-state index is -0.129. The number of anilines is 2. The lowest BCUT2D eigenvalue weighted by molar-refractivity contribution is -0.114. The highest BCUT2D eigenvalue weighted by atomic mass is 32.1. The molecule has 0 fully saturated rings. The number of rotatable bonds is 5. The molecule has 0 saturated carbocycles. The van der Waals surface area contributed by atoms with Gasteiger partial charge < -0.3 is 5.32 Å². The summed E-state index contributed by atoms with van der Waals surface area (Å²) in [5, 5.41) is 8.34. The van der Waals surface area contributed by atoms with Crippen LogP contribution in [-0.2, 0) is 4.79 Å². The van der Waals surface area contributed by atoms with E-state index in [0.29, 0.717) is 10.1 Å². The number of benzene rings is 2. The van der Waals surface area contributed by atoms with Crippen molar-refractivity contribution in [2.45, 2.75) is 6.92 Å². The molecule has 6 heteroatoms. The molecule has 1 amide bonds. The molecule has 0 aliphatic heterocycles. The van der Waals surface area contributed by atoms with Crippen molar-refractivity contribution < 1.29 is 4.79 Å². The molecule has 0 radical (unpaired) electrons. The maximum atomic E-state index is 11.4. The third kappa shape index (κ3) is 4.05. The van der Waals surface area contributed by atoms with Gasteiger partial charge in [-0.05, 0) is 5.56 Å².